The predicted molar refractivity (Wildman–Crippen MR) is 34.2 cm³/mol. The van der Waals surface area contributed by atoms with Crippen molar-refractivity contribution in [2.75, 3.05) is 26.4 Å². The Bertz CT molecular complexity index is 199. The summed E-state index contributed by atoms with van der Waals surface area (Å²) in [7, 11) is 0.397. The largest absolute Gasteiger partial charge is 0.230 e. The van der Waals surface area contributed by atoms with E-state index in [0.717, 1.165) is 0 Å². The van der Waals surface area contributed by atoms with Gasteiger partial charge in [0.05, 0.1) is 5.75 Å². The monoisotopic (exact) mass is 150 g/mol. The SMILES string of the molecule is CN1CCS(=O)(=O)N1C. The van der Waals surface area contributed by atoms with Crippen molar-refractivity contribution in [3.8, 4) is 0 Å². The third-order valence-electron chi connectivity index (χ3n) is 1.56. The fraction of sp³-hybridized carbons (Fsp3) is 1.00. The van der Waals surface area contributed by atoms with Gasteiger partial charge in [0.25, 0.3) is 0 Å². The quantitative estimate of drug-likeness (QED) is 0.449. The smallest absolute Gasteiger partial charge is 0.228 e. The molecule has 1 heterocycles. The highest BCUT2D eigenvalue weighted by atomic mass is 32.2. The van der Waals surface area contributed by atoms with E-state index in [9.17, 15) is 8.42 Å². The third kappa shape index (κ3) is 1.08. The second kappa shape index (κ2) is 1.93. The molecule has 54 valence electrons. The molecule has 0 unspecified atom stereocenters. The molecule has 1 rings (SSSR count). The average molecular weight is 150 g/mol. The van der Waals surface area contributed by atoms with Gasteiger partial charge in [-0.15, -0.1) is 4.41 Å². The lowest BCUT2D eigenvalue weighted by Crippen LogP contribution is -2.31. The van der Waals surface area contributed by atoms with Gasteiger partial charge in [0.2, 0.25) is 10.0 Å². The minimum atomic E-state index is -2.91. The summed E-state index contributed by atoms with van der Waals surface area (Å²) in [4.78, 5) is 0. The van der Waals surface area contributed by atoms with Gasteiger partial charge in [-0.1, -0.05) is 0 Å². The summed E-state index contributed by atoms with van der Waals surface area (Å²) < 4.78 is 23.0. The van der Waals surface area contributed by atoms with Gasteiger partial charge in [0.15, 0.2) is 0 Å². The zero-order valence-corrected chi connectivity index (χ0v) is 6.35. The van der Waals surface area contributed by atoms with E-state index in [0.29, 0.717) is 6.54 Å². The van der Waals surface area contributed by atoms with E-state index in [1.165, 1.54) is 4.41 Å². The molecule has 0 aromatic rings. The van der Waals surface area contributed by atoms with Crippen LogP contribution in [0.3, 0.4) is 0 Å². The molecule has 0 aromatic heterocycles. The number of rotatable bonds is 0. The molecule has 0 N–H and O–H groups in total. The fourth-order valence-corrected chi connectivity index (χ4v) is 2.00. The zero-order chi connectivity index (χ0) is 7.07. The third-order valence-corrected chi connectivity index (χ3v) is 3.34. The van der Waals surface area contributed by atoms with Crippen molar-refractivity contribution < 1.29 is 8.42 Å². The Morgan fingerprint density at radius 1 is 1.33 bits per heavy atom. The molecular formula is C4H10N2O2S. The normalized spacial score (nSPS) is 29.1. The highest BCUT2D eigenvalue weighted by Gasteiger charge is 2.28. The molecule has 0 radical (unpaired) electrons. The van der Waals surface area contributed by atoms with Crippen LogP contribution in [0.4, 0.5) is 0 Å². The molecule has 1 aliphatic heterocycles. The Labute approximate surface area is 55.1 Å². The molecule has 5 heteroatoms. The zero-order valence-electron chi connectivity index (χ0n) is 5.53. The topological polar surface area (TPSA) is 40.6 Å². The van der Waals surface area contributed by atoms with Gasteiger partial charge >= 0.3 is 0 Å². The fourth-order valence-electron chi connectivity index (χ4n) is 0.733. The van der Waals surface area contributed by atoms with Gasteiger partial charge < -0.3 is 0 Å². The maximum atomic E-state index is 10.9. The minimum Gasteiger partial charge on any atom is -0.230 e. The first kappa shape index (κ1) is 6.98. The lowest BCUT2D eigenvalue weighted by atomic mass is 10.7. The minimum absolute atomic E-state index is 0.250. The highest BCUT2D eigenvalue weighted by molar-refractivity contribution is 7.89. The summed E-state index contributed by atoms with van der Waals surface area (Å²) in [5.41, 5.74) is 0. The van der Waals surface area contributed by atoms with E-state index >= 15 is 0 Å². The number of nitrogens with zero attached hydrogens (tertiary/aromatic N) is 2. The van der Waals surface area contributed by atoms with E-state index in [2.05, 4.69) is 0 Å². The summed E-state index contributed by atoms with van der Waals surface area (Å²) >= 11 is 0. The van der Waals surface area contributed by atoms with Gasteiger partial charge in [0, 0.05) is 20.6 Å². The number of sulfonamides is 1. The molecule has 0 bridgehead atoms. The summed E-state index contributed by atoms with van der Waals surface area (Å²) in [6.45, 7) is 0.610. The maximum Gasteiger partial charge on any atom is 0.228 e. The van der Waals surface area contributed by atoms with Crippen molar-refractivity contribution in [1.29, 1.82) is 0 Å². The standard InChI is InChI=1S/C4H10N2O2S/c1-5-3-4-9(7,8)6(5)2/h3-4H2,1-2H3. The van der Waals surface area contributed by atoms with Gasteiger partial charge in [-0.05, 0) is 0 Å². The van der Waals surface area contributed by atoms with E-state index in [1.807, 2.05) is 0 Å². The molecular weight excluding hydrogens is 140 g/mol. The first-order valence-electron chi connectivity index (χ1n) is 2.72. The van der Waals surface area contributed by atoms with Crippen molar-refractivity contribution in [3.05, 3.63) is 0 Å². The summed E-state index contributed by atoms with van der Waals surface area (Å²) in [5.74, 6) is 0.250. The van der Waals surface area contributed by atoms with Crippen LogP contribution in [-0.2, 0) is 10.0 Å². The molecule has 9 heavy (non-hydrogen) atoms. The van der Waals surface area contributed by atoms with E-state index < -0.39 is 10.0 Å². The number of hydrogen-bond acceptors (Lipinski definition) is 3. The van der Waals surface area contributed by atoms with E-state index in [-0.39, 0.29) is 5.75 Å². The van der Waals surface area contributed by atoms with Gasteiger partial charge in [-0.2, -0.15) is 0 Å². The van der Waals surface area contributed by atoms with Crippen molar-refractivity contribution >= 4 is 10.0 Å². The van der Waals surface area contributed by atoms with Crippen LogP contribution in [0.5, 0.6) is 0 Å². The van der Waals surface area contributed by atoms with Crippen LogP contribution < -0.4 is 0 Å². The van der Waals surface area contributed by atoms with Crippen LogP contribution in [0.1, 0.15) is 0 Å². The van der Waals surface area contributed by atoms with Crippen LogP contribution in [0.15, 0.2) is 0 Å². The highest BCUT2D eigenvalue weighted by Crippen LogP contribution is 2.08. The molecule has 0 saturated carbocycles. The van der Waals surface area contributed by atoms with Crippen molar-refractivity contribution in [2.45, 2.75) is 0 Å². The molecule has 1 saturated heterocycles. The summed E-state index contributed by atoms with van der Waals surface area (Å²) in [6.07, 6.45) is 0. The first-order chi connectivity index (χ1) is 4.04. The van der Waals surface area contributed by atoms with E-state index in [1.54, 1.807) is 19.1 Å². The second-order valence-electron chi connectivity index (χ2n) is 2.13. The van der Waals surface area contributed by atoms with Crippen molar-refractivity contribution in [3.63, 3.8) is 0 Å². The Morgan fingerprint density at radius 3 is 2.00 bits per heavy atom. The van der Waals surface area contributed by atoms with Crippen LogP contribution in [0.25, 0.3) is 0 Å². The maximum absolute atomic E-state index is 10.9. The molecule has 0 amide bonds. The lowest BCUT2D eigenvalue weighted by molar-refractivity contribution is 0.154. The average Bonchev–Trinajstić information content (AvgIpc) is 1.97. The molecule has 0 aliphatic carbocycles. The van der Waals surface area contributed by atoms with Gasteiger partial charge in [-0.3, -0.25) is 0 Å². The Hall–Kier alpha value is -0.130. The Balaban J connectivity index is 2.87. The molecule has 1 fully saturated rings. The van der Waals surface area contributed by atoms with Gasteiger partial charge in [-0.25, -0.2) is 13.4 Å². The van der Waals surface area contributed by atoms with Crippen LogP contribution >= 0.6 is 0 Å². The lowest BCUT2D eigenvalue weighted by Gasteiger charge is -2.15. The van der Waals surface area contributed by atoms with Crippen LogP contribution in [0.2, 0.25) is 0 Å². The molecule has 0 spiro atoms. The molecule has 0 aromatic carbocycles. The van der Waals surface area contributed by atoms with Crippen LogP contribution in [-0.4, -0.2) is 44.2 Å². The first-order valence-corrected chi connectivity index (χ1v) is 4.32. The second-order valence-corrected chi connectivity index (χ2v) is 4.23. The van der Waals surface area contributed by atoms with Gasteiger partial charge in [0.1, 0.15) is 0 Å². The Morgan fingerprint density at radius 2 is 1.89 bits per heavy atom. The summed E-state index contributed by atoms with van der Waals surface area (Å²) in [5, 5.41) is 1.68. The van der Waals surface area contributed by atoms with E-state index in [4.69, 9.17) is 0 Å². The number of hydrazine groups is 1. The van der Waals surface area contributed by atoms with Crippen LogP contribution in [0, 0.1) is 0 Å². The van der Waals surface area contributed by atoms with Crippen molar-refractivity contribution in [1.82, 2.24) is 9.42 Å². The predicted octanol–water partition coefficient (Wildman–Crippen LogP) is -0.892. The summed E-state index contributed by atoms with van der Waals surface area (Å²) in [6, 6.07) is 0. The van der Waals surface area contributed by atoms with Crippen molar-refractivity contribution in [2.24, 2.45) is 0 Å². The Kier molecular flexibility index (Phi) is 1.50. The molecule has 0 atom stereocenters. The molecule has 1 aliphatic rings. The number of hydrogen-bond donors (Lipinski definition) is 0. The molecule has 4 nitrogen and oxygen atoms in total.